The van der Waals surface area contributed by atoms with Gasteiger partial charge in [0.1, 0.15) is 0 Å². The van der Waals surface area contributed by atoms with Crippen LogP contribution >= 0.6 is 0 Å². The number of rotatable bonds is 11. The monoisotopic (exact) mass is 247 g/mol. The Morgan fingerprint density at radius 3 is 2.47 bits per heavy atom. The van der Waals surface area contributed by atoms with E-state index >= 15 is 0 Å². The summed E-state index contributed by atoms with van der Waals surface area (Å²) in [4.78, 5) is 13.2. The van der Waals surface area contributed by atoms with E-state index in [2.05, 4.69) is 16.6 Å². The van der Waals surface area contributed by atoms with Gasteiger partial charge in [-0.1, -0.05) is 6.92 Å². The Labute approximate surface area is 104 Å². The van der Waals surface area contributed by atoms with Crippen molar-refractivity contribution in [1.82, 2.24) is 4.90 Å². The van der Waals surface area contributed by atoms with Gasteiger partial charge < -0.3 is 19.1 Å². The zero-order valence-corrected chi connectivity index (χ0v) is 11.2. The van der Waals surface area contributed by atoms with Crippen LogP contribution in [-0.4, -0.2) is 64.5 Å². The van der Waals surface area contributed by atoms with Gasteiger partial charge in [-0.2, -0.15) is 0 Å². The first kappa shape index (κ1) is 16.4. The Morgan fingerprint density at radius 1 is 1.12 bits per heavy atom. The summed E-state index contributed by atoms with van der Waals surface area (Å²) in [7, 11) is 3.08. The number of carbonyl (C=O) groups excluding carboxylic acids is 1. The topological polar surface area (TPSA) is 48.0 Å². The summed E-state index contributed by atoms with van der Waals surface area (Å²) in [6, 6.07) is 0. The highest BCUT2D eigenvalue weighted by atomic mass is 16.5. The molecule has 0 amide bonds. The van der Waals surface area contributed by atoms with Gasteiger partial charge in [-0.15, -0.1) is 0 Å². The van der Waals surface area contributed by atoms with Crippen molar-refractivity contribution in [2.45, 2.75) is 19.8 Å². The number of nitrogens with zero attached hydrogens (tertiary/aromatic N) is 1. The highest BCUT2D eigenvalue weighted by molar-refractivity contribution is 5.69. The molecule has 0 radical (unpaired) electrons. The lowest BCUT2D eigenvalue weighted by atomic mass is 10.3. The second-order valence-electron chi connectivity index (χ2n) is 3.72. The molecule has 0 heterocycles. The predicted molar refractivity (Wildman–Crippen MR) is 66.1 cm³/mol. The smallest absolute Gasteiger partial charge is 0.306 e. The van der Waals surface area contributed by atoms with E-state index < -0.39 is 0 Å². The average molecular weight is 247 g/mol. The molecule has 102 valence electrons. The minimum absolute atomic E-state index is 0.153. The van der Waals surface area contributed by atoms with Gasteiger partial charge in [0.2, 0.25) is 0 Å². The van der Waals surface area contributed by atoms with Crippen LogP contribution in [-0.2, 0) is 19.0 Å². The molecule has 0 fully saturated rings. The fraction of sp³-hybridized carbons (Fsp3) is 0.917. The van der Waals surface area contributed by atoms with Gasteiger partial charge in [0.25, 0.3) is 0 Å². The van der Waals surface area contributed by atoms with Crippen molar-refractivity contribution >= 4 is 5.97 Å². The standard InChI is InChI=1S/C12H25NO4/c1-4-13(8-6-12(14)16-3)7-5-9-17-11-10-15-2/h4-11H2,1-3H3. The van der Waals surface area contributed by atoms with Crippen molar-refractivity contribution < 1.29 is 19.0 Å². The largest absolute Gasteiger partial charge is 0.469 e. The predicted octanol–water partition coefficient (Wildman–Crippen LogP) is 0.925. The van der Waals surface area contributed by atoms with Crippen molar-refractivity contribution in [3.05, 3.63) is 0 Å². The number of hydrogen-bond acceptors (Lipinski definition) is 5. The zero-order valence-electron chi connectivity index (χ0n) is 11.2. The molecule has 0 atom stereocenters. The third kappa shape index (κ3) is 10.2. The van der Waals surface area contributed by atoms with E-state index in [0.717, 1.165) is 32.7 Å². The zero-order chi connectivity index (χ0) is 12.9. The lowest BCUT2D eigenvalue weighted by Gasteiger charge is -2.19. The molecule has 0 aliphatic heterocycles. The van der Waals surface area contributed by atoms with E-state index in [0.29, 0.717) is 19.6 Å². The van der Waals surface area contributed by atoms with E-state index in [1.807, 2.05) is 0 Å². The SMILES string of the molecule is CCN(CCCOCCOC)CCC(=O)OC. The van der Waals surface area contributed by atoms with Gasteiger partial charge in [-0.3, -0.25) is 4.79 Å². The van der Waals surface area contributed by atoms with Gasteiger partial charge in [-0.05, 0) is 13.0 Å². The molecule has 5 nitrogen and oxygen atoms in total. The third-order valence-electron chi connectivity index (χ3n) is 2.50. The van der Waals surface area contributed by atoms with E-state index in [9.17, 15) is 4.79 Å². The lowest BCUT2D eigenvalue weighted by molar-refractivity contribution is -0.140. The number of carbonyl (C=O) groups is 1. The lowest BCUT2D eigenvalue weighted by Crippen LogP contribution is -2.28. The summed E-state index contributed by atoms with van der Waals surface area (Å²) in [5.74, 6) is -0.153. The summed E-state index contributed by atoms with van der Waals surface area (Å²) in [6.07, 6.45) is 1.42. The molecule has 0 aliphatic carbocycles. The molecule has 0 aromatic carbocycles. The number of methoxy groups -OCH3 is 2. The molecule has 0 unspecified atom stereocenters. The third-order valence-corrected chi connectivity index (χ3v) is 2.50. The molecule has 0 rings (SSSR count). The second-order valence-corrected chi connectivity index (χ2v) is 3.72. The first-order valence-corrected chi connectivity index (χ1v) is 6.10. The molecule has 0 aliphatic rings. The van der Waals surface area contributed by atoms with Crippen molar-refractivity contribution in [3.8, 4) is 0 Å². The summed E-state index contributed by atoms with van der Waals surface area (Å²) in [6.45, 7) is 6.74. The van der Waals surface area contributed by atoms with Gasteiger partial charge in [0.15, 0.2) is 0 Å². The Bertz CT molecular complexity index is 187. The molecule has 0 N–H and O–H groups in total. The van der Waals surface area contributed by atoms with Gasteiger partial charge in [0, 0.05) is 26.8 Å². The fourth-order valence-corrected chi connectivity index (χ4v) is 1.41. The van der Waals surface area contributed by atoms with Crippen LogP contribution in [0.15, 0.2) is 0 Å². The number of ether oxygens (including phenoxy) is 3. The van der Waals surface area contributed by atoms with Crippen LogP contribution in [0.5, 0.6) is 0 Å². The van der Waals surface area contributed by atoms with Gasteiger partial charge in [0.05, 0.1) is 26.7 Å². The molecule has 0 saturated heterocycles. The van der Waals surface area contributed by atoms with E-state index in [1.54, 1.807) is 7.11 Å². The molecular formula is C12H25NO4. The van der Waals surface area contributed by atoms with Crippen molar-refractivity contribution in [3.63, 3.8) is 0 Å². The minimum Gasteiger partial charge on any atom is -0.469 e. The molecule has 5 heteroatoms. The molecule has 0 spiro atoms. The number of esters is 1. The minimum atomic E-state index is -0.153. The average Bonchev–Trinajstić information content (AvgIpc) is 2.36. The highest BCUT2D eigenvalue weighted by Gasteiger charge is 2.06. The molecule has 17 heavy (non-hydrogen) atoms. The highest BCUT2D eigenvalue weighted by Crippen LogP contribution is 1.96. The summed E-state index contributed by atoms with van der Waals surface area (Å²) in [5, 5.41) is 0. The fourth-order valence-electron chi connectivity index (χ4n) is 1.41. The Balaban J connectivity index is 3.44. The van der Waals surface area contributed by atoms with Gasteiger partial charge >= 0.3 is 5.97 Å². The Hall–Kier alpha value is -0.650. The Morgan fingerprint density at radius 2 is 1.88 bits per heavy atom. The van der Waals surface area contributed by atoms with Crippen molar-refractivity contribution in [2.24, 2.45) is 0 Å². The maximum Gasteiger partial charge on any atom is 0.306 e. The normalized spacial score (nSPS) is 10.8. The van der Waals surface area contributed by atoms with Crippen LogP contribution in [0.1, 0.15) is 19.8 Å². The van der Waals surface area contributed by atoms with Gasteiger partial charge in [-0.25, -0.2) is 0 Å². The van der Waals surface area contributed by atoms with Crippen molar-refractivity contribution in [1.29, 1.82) is 0 Å². The second kappa shape index (κ2) is 11.8. The van der Waals surface area contributed by atoms with E-state index in [4.69, 9.17) is 9.47 Å². The van der Waals surface area contributed by atoms with Crippen LogP contribution < -0.4 is 0 Å². The summed E-state index contributed by atoms with van der Waals surface area (Å²) in [5.41, 5.74) is 0. The molecular weight excluding hydrogens is 222 g/mol. The molecule has 0 saturated carbocycles. The molecule has 0 aromatic rings. The molecule has 0 aromatic heterocycles. The van der Waals surface area contributed by atoms with Crippen molar-refractivity contribution in [2.75, 3.05) is 53.7 Å². The van der Waals surface area contributed by atoms with E-state index in [1.165, 1.54) is 7.11 Å². The number of hydrogen-bond donors (Lipinski definition) is 0. The van der Waals surface area contributed by atoms with Crippen LogP contribution in [0.4, 0.5) is 0 Å². The van der Waals surface area contributed by atoms with Crippen LogP contribution in [0, 0.1) is 0 Å². The maximum absolute atomic E-state index is 11.0. The maximum atomic E-state index is 11.0. The summed E-state index contributed by atoms with van der Waals surface area (Å²) < 4.78 is 14.9. The summed E-state index contributed by atoms with van der Waals surface area (Å²) >= 11 is 0. The quantitative estimate of drug-likeness (QED) is 0.401. The molecule has 0 bridgehead atoms. The van der Waals surface area contributed by atoms with E-state index in [-0.39, 0.29) is 5.97 Å². The first-order chi connectivity index (χ1) is 8.24. The van der Waals surface area contributed by atoms with Crippen LogP contribution in [0.3, 0.4) is 0 Å². The van der Waals surface area contributed by atoms with Crippen LogP contribution in [0.25, 0.3) is 0 Å². The van der Waals surface area contributed by atoms with Crippen LogP contribution in [0.2, 0.25) is 0 Å². The Kier molecular flexibility index (Phi) is 11.4. The first-order valence-electron chi connectivity index (χ1n) is 6.10.